The number of ether oxygens (including phenoxy) is 1. The van der Waals surface area contributed by atoms with Crippen molar-refractivity contribution in [3.05, 3.63) is 29.6 Å². The molecular formula is C10H11F2NO4. The van der Waals surface area contributed by atoms with E-state index in [0.29, 0.717) is 6.07 Å². The maximum absolute atomic E-state index is 13.4. The van der Waals surface area contributed by atoms with E-state index in [1.165, 1.54) is 0 Å². The van der Waals surface area contributed by atoms with Crippen molar-refractivity contribution in [2.75, 3.05) is 6.61 Å². The lowest BCUT2D eigenvalue weighted by Crippen LogP contribution is -2.32. The Labute approximate surface area is 95.3 Å². The average Bonchev–Trinajstić information content (AvgIpc) is 2.57. The number of aliphatic hydroxyl groups is 3. The predicted molar refractivity (Wildman–Crippen MR) is 50.9 cm³/mol. The molecule has 4 unspecified atom stereocenters. The van der Waals surface area contributed by atoms with Gasteiger partial charge in [-0.2, -0.15) is 4.39 Å². The highest BCUT2D eigenvalue weighted by Gasteiger charge is 2.44. The quantitative estimate of drug-likeness (QED) is 0.614. The van der Waals surface area contributed by atoms with Crippen LogP contribution in [0.3, 0.4) is 0 Å². The van der Waals surface area contributed by atoms with Crippen LogP contribution in [0.2, 0.25) is 0 Å². The van der Waals surface area contributed by atoms with Crippen molar-refractivity contribution >= 4 is 0 Å². The summed E-state index contributed by atoms with van der Waals surface area (Å²) in [5.41, 5.74) is -0.158. The number of hydrogen-bond acceptors (Lipinski definition) is 5. The molecule has 0 amide bonds. The average molecular weight is 247 g/mol. The van der Waals surface area contributed by atoms with E-state index in [9.17, 15) is 19.0 Å². The summed E-state index contributed by atoms with van der Waals surface area (Å²) in [6.07, 6.45) is -4.00. The van der Waals surface area contributed by atoms with Gasteiger partial charge in [-0.1, -0.05) is 0 Å². The van der Waals surface area contributed by atoms with Crippen molar-refractivity contribution in [2.45, 2.75) is 24.4 Å². The van der Waals surface area contributed by atoms with Crippen LogP contribution in [0.25, 0.3) is 0 Å². The van der Waals surface area contributed by atoms with Crippen molar-refractivity contribution in [1.82, 2.24) is 4.98 Å². The number of pyridine rings is 1. The molecule has 1 aromatic heterocycles. The SMILES string of the molecule is OCC1OC(c2cnc(F)cc2F)C(O)C1O. The normalized spacial score (nSPS) is 33.0. The van der Waals surface area contributed by atoms with Gasteiger partial charge in [0.15, 0.2) is 0 Å². The van der Waals surface area contributed by atoms with Gasteiger partial charge in [-0.05, 0) is 0 Å². The molecule has 1 aromatic rings. The number of hydrogen-bond donors (Lipinski definition) is 3. The molecule has 0 radical (unpaired) electrons. The monoisotopic (exact) mass is 247 g/mol. The van der Waals surface area contributed by atoms with Crippen LogP contribution in [0.15, 0.2) is 12.3 Å². The summed E-state index contributed by atoms with van der Waals surface area (Å²) in [5, 5.41) is 28.0. The zero-order valence-corrected chi connectivity index (χ0v) is 8.62. The summed E-state index contributed by atoms with van der Waals surface area (Å²) in [5.74, 6) is -1.91. The Morgan fingerprint density at radius 2 is 2.00 bits per heavy atom. The molecule has 1 aliphatic heterocycles. The first-order valence-electron chi connectivity index (χ1n) is 4.98. The fraction of sp³-hybridized carbons (Fsp3) is 0.500. The van der Waals surface area contributed by atoms with Gasteiger partial charge in [-0.15, -0.1) is 0 Å². The van der Waals surface area contributed by atoms with Gasteiger partial charge in [0.05, 0.1) is 6.61 Å². The van der Waals surface area contributed by atoms with Crippen LogP contribution in [0, 0.1) is 11.8 Å². The Kier molecular flexibility index (Phi) is 3.34. The van der Waals surface area contributed by atoms with Gasteiger partial charge in [0.25, 0.3) is 0 Å². The first-order chi connectivity index (χ1) is 8.04. The highest BCUT2D eigenvalue weighted by molar-refractivity contribution is 5.19. The van der Waals surface area contributed by atoms with E-state index in [2.05, 4.69) is 4.98 Å². The summed E-state index contributed by atoms with van der Waals surface area (Å²) in [4.78, 5) is 3.25. The molecule has 2 heterocycles. The molecule has 0 bridgehead atoms. The first-order valence-corrected chi connectivity index (χ1v) is 4.98. The van der Waals surface area contributed by atoms with Crippen molar-refractivity contribution in [2.24, 2.45) is 0 Å². The van der Waals surface area contributed by atoms with Crippen LogP contribution >= 0.6 is 0 Å². The second-order valence-electron chi connectivity index (χ2n) is 3.79. The zero-order chi connectivity index (χ0) is 12.6. The van der Waals surface area contributed by atoms with Gasteiger partial charge in [0.1, 0.15) is 30.2 Å². The molecule has 94 valence electrons. The minimum absolute atomic E-state index is 0.158. The largest absolute Gasteiger partial charge is 0.394 e. The highest BCUT2D eigenvalue weighted by Crippen LogP contribution is 2.34. The smallest absolute Gasteiger partial charge is 0.215 e. The highest BCUT2D eigenvalue weighted by atomic mass is 19.1. The maximum atomic E-state index is 13.4. The summed E-state index contributed by atoms with van der Waals surface area (Å²) in [7, 11) is 0. The molecule has 1 fully saturated rings. The van der Waals surface area contributed by atoms with Crippen LogP contribution in [0.5, 0.6) is 0 Å². The third-order valence-electron chi connectivity index (χ3n) is 2.70. The lowest BCUT2D eigenvalue weighted by molar-refractivity contribution is -0.0238. The van der Waals surface area contributed by atoms with E-state index >= 15 is 0 Å². The van der Waals surface area contributed by atoms with E-state index in [1.807, 2.05) is 0 Å². The molecule has 3 N–H and O–H groups in total. The minimum Gasteiger partial charge on any atom is -0.394 e. The van der Waals surface area contributed by atoms with E-state index in [1.54, 1.807) is 0 Å². The van der Waals surface area contributed by atoms with Crippen LogP contribution in [0.1, 0.15) is 11.7 Å². The Morgan fingerprint density at radius 3 is 2.53 bits per heavy atom. The van der Waals surface area contributed by atoms with Crippen molar-refractivity contribution in [3.63, 3.8) is 0 Å². The lowest BCUT2D eigenvalue weighted by atomic mass is 10.0. The topological polar surface area (TPSA) is 82.8 Å². The third kappa shape index (κ3) is 2.14. The number of rotatable bonds is 2. The lowest BCUT2D eigenvalue weighted by Gasteiger charge is -2.15. The minimum atomic E-state index is -1.39. The number of nitrogens with zero attached hydrogens (tertiary/aromatic N) is 1. The molecule has 1 aliphatic rings. The molecular weight excluding hydrogens is 236 g/mol. The fourth-order valence-corrected chi connectivity index (χ4v) is 1.78. The molecule has 2 rings (SSSR count). The third-order valence-corrected chi connectivity index (χ3v) is 2.70. The Morgan fingerprint density at radius 1 is 1.29 bits per heavy atom. The van der Waals surface area contributed by atoms with Crippen LogP contribution in [-0.4, -0.2) is 45.2 Å². The summed E-state index contributed by atoms with van der Waals surface area (Å²) < 4.78 is 31.1. The van der Waals surface area contributed by atoms with Gasteiger partial charge in [-0.25, -0.2) is 9.37 Å². The molecule has 0 saturated carbocycles. The van der Waals surface area contributed by atoms with Gasteiger partial charge < -0.3 is 20.1 Å². The van der Waals surface area contributed by atoms with Crippen molar-refractivity contribution < 1.29 is 28.8 Å². The Balaban J connectivity index is 2.29. The van der Waals surface area contributed by atoms with E-state index in [4.69, 9.17) is 9.84 Å². The number of halogens is 2. The fourth-order valence-electron chi connectivity index (χ4n) is 1.78. The molecule has 17 heavy (non-hydrogen) atoms. The zero-order valence-electron chi connectivity index (χ0n) is 8.62. The Bertz CT molecular complexity index is 417. The molecule has 0 spiro atoms. The van der Waals surface area contributed by atoms with Gasteiger partial charge in [0.2, 0.25) is 5.95 Å². The van der Waals surface area contributed by atoms with Crippen LogP contribution in [-0.2, 0) is 4.74 Å². The molecule has 0 aliphatic carbocycles. The van der Waals surface area contributed by atoms with Crippen molar-refractivity contribution in [1.29, 1.82) is 0 Å². The van der Waals surface area contributed by atoms with Crippen molar-refractivity contribution in [3.8, 4) is 0 Å². The standard InChI is InChI=1S/C10H11F2NO4/c11-5-1-7(12)13-2-4(5)10-9(16)8(15)6(3-14)17-10/h1-2,6,8-10,14-16H,3H2. The summed E-state index contributed by atoms with van der Waals surface area (Å²) in [6.45, 7) is -0.509. The molecule has 5 nitrogen and oxygen atoms in total. The Hall–Kier alpha value is -1.15. The van der Waals surface area contributed by atoms with Crippen LogP contribution in [0.4, 0.5) is 8.78 Å². The molecule has 7 heteroatoms. The van der Waals surface area contributed by atoms with E-state index < -0.39 is 42.8 Å². The molecule has 1 saturated heterocycles. The van der Waals surface area contributed by atoms with E-state index in [0.717, 1.165) is 6.20 Å². The second-order valence-corrected chi connectivity index (χ2v) is 3.79. The predicted octanol–water partition coefficient (Wildman–Crippen LogP) is -0.486. The summed E-state index contributed by atoms with van der Waals surface area (Å²) >= 11 is 0. The maximum Gasteiger partial charge on any atom is 0.215 e. The van der Waals surface area contributed by atoms with Gasteiger partial charge in [-0.3, -0.25) is 0 Å². The second kappa shape index (κ2) is 4.61. The summed E-state index contributed by atoms with van der Waals surface area (Å²) in [6, 6.07) is 0.560. The number of aromatic nitrogens is 1. The number of aliphatic hydroxyl groups excluding tert-OH is 3. The van der Waals surface area contributed by atoms with E-state index in [-0.39, 0.29) is 5.56 Å². The first kappa shape index (κ1) is 12.3. The molecule has 4 atom stereocenters. The molecule has 0 aromatic carbocycles. The van der Waals surface area contributed by atoms with Gasteiger partial charge >= 0.3 is 0 Å². The van der Waals surface area contributed by atoms with Crippen LogP contribution < -0.4 is 0 Å². The van der Waals surface area contributed by atoms with Gasteiger partial charge in [0, 0.05) is 17.8 Å².